The fourth-order valence-electron chi connectivity index (χ4n) is 2.34. The molecule has 1 saturated heterocycles. The summed E-state index contributed by atoms with van der Waals surface area (Å²) in [5.74, 6) is 1.05. The maximum atomic E-state index is 4.67. The van der Waals surface area contributed by atoms with E-state index in [0.717, 1.165) is 22.2 Å². The van der Waals surface area contributed by atoms with Gasteiger partial charge in [0.05, 0.1) is 0 Å². The van der Waals surface area contributed by atoms with Gasteiger partial charge in [-0.3, -0.25) is 15.8 Å². The maximum absolute atomic E-state index is 4.67. The molecule has 1 fully saturated rings. The molecule has 0 aliphatic carbocycles. The minimum atomic E-state index is 0.358. The standard InChI is InChI=1S/C12H13N7S/c1-7-8(6-14-15-7)11-18-19-10(16-17-12(19)20-11)9-4-2-3-5-13-9/h2-5,7-8,14-15H,6H2,1H3. The first-order valence-electron chi connectivity index (χ1n) is 6.45. The number of pyridine rings is 1. The first kappa shape index (κ1) is 11.9. The molecule has 0 spiro atoms. The summed E-state index contributed by atoms with van der Waals surface area (Å²) in [4.78, 5) is 5.11. The van der Waals surface area contributed by atoms with E-state index in [2.05, 4.69) is 38.1 Å². The van der Waals surface area contributed by atoms with Gasteiger partial charge in [-0.05, 0) is 19.1 Å². The van der Waals surface area contributed by atoms with Gasteiger partial charge in [-0.25, -0.2) is 0 Å². The Morgan fingerprint density at radius 1 is 1.35 bits per heavy atom. The molecule has 0 aromatic carbocycles. The highest BCUT2D eigenvalue weighted by Gasteiger charge is 2.28. The third kappa shape index (κ3) is 1.80. The highest BCUT2D eigenvalue weighted by Crippen LogP contribution is 2.28. The van der Waals surface area contributed by atoms with Crippen LogP contribution in [0.5, 0.6) is 0 Å². The molecule has 8 heteroatoms. The summed E-state index contributed by atoms with van der Waals surface area (Å²) in [6.07, 6.45) is 1.75. The lowest BCUT2D eigenvalue weighted by Crippen LogP contribution is -2.28. The predicted octanol–water partition coefficient (Wildman–Crippen LogP) is 0.828. The summed E-state index contributed by atoms with van der Waals surface area (Å²) in [5, 5.41) is 14.1. The Hall–Kier alpha value is -1.90. The van der Waals surface area contributed by atoms with Crippen molar-refractivity contribution < 1.29 is 0 Å². The van der Waals surface area contributed by atoms with Gasteiger partial charge >= 0.3 is 0 Å². The zero-order valence-electron chi connectivity index (χ0n) is 10.8. The van der Waals surface area contributed by atoms with Crippen molar-refractivity contribution in [1.82, 2.24) is 35.6 Å². The van der Waals surface area contributed by atoms with Crippen molar-refractivity contribution in [2.24, 2.45) is 0 Å². The summed E-state index contributed by atoms with van der Waals surface area (Å²) in [6, 6.07) is 6.09. The van der Waals surface area contributed by atoms with Crippen LogP contribution in [0, 0.1) is 0 Å². The van der Waals surface area contributed by atoms with Crippen molar-refractivity contribution in [3.8, 4) is 11.5 Å². The van der Waals surface area contributed by atoms with Crippen LogP contribution in [0.2, 0.25) is 0 Å². The molecule has 0 bridgehead atoms. The Balaban J connectivity index is 1.79. The number of rotatable bonds is 2. The van der Waals surface area contributed by atoms with E-state index in [4.69, 9.17) is 0 Å². The Bertz CT molecular complexity index is 735. The molecule has 0 saturated carbocycles. The highest BCUT2D eigenvalue weighted by atomic mass is 32.1. The van der Waals surface area contributed by atoms with Gasteiger partial charge in [-0.2, -0.15) is 9.61 Å². The Morgan fingerprint density at radius 3 is 3.05 bits per heavy atom. The number of nitrogens with zero attached hydrogens (tertiary/aromatic N) is 5. The van der Waals surface area contributed by atoms with E-state index in [0.29, 0.717) is 17.8 Å². The van der Waals surface area contributed by atoms with E-state index < -0.39 is 0 Å². The van der Waals surface area contributed by atoms with Crippen LogP contribution >= 0.6 is 11.3 Å². The summed E-state index contributed by atoms with van der Waals surface area (Å²) < 4.78 is 1.79. The largest absolute Gasteiger partial charge is 0.257 e. The molecule has 2 N–H and O–H groups in total. The quantitative estimate of drug-likeness (QED) is 0.726. The molecular formula is C12H13N7S. The molecule has 3 aromatic rings. The third-order valence-corrected chi connectivity index (χ3v) is 4.50. The zero-order valence-corrected chi connectivity index (χ0v) is 11.6. The number of hydrazine groups is 1. The fourth-order valence-corrected chi connectivity index (χ4v) is 3.39. The topological polar surface area (TPSA) is 80.0 Å². The molecular weight excluding hydrogens is 274 g/mol. The van der Waals surface area contributed by atoms with Crippen LogP contribution in [0.4, 0.5) is 0 Å². The molecule has 1 aliphatic rings. The second-order valence-electron chi connectivity index (χ2n) is 4.79. The molecule has 4 heterocycles. The Kier molecular flexibility index (Phi) is 2.72. The summed E-state index contributed by atoms with van der Waals surface area (Å²) >= 11 is 1.58. The van der Waals surface area contributed by atoms with Crippen LogP contribution in [-0.4, -0.2) is 37.4 Å². The molecule has 102 valence electrons. The number of aromatic nitrogens is 5. The minimum Gasteiger partial charge on any atom is -0.257 e. The Morgan fingerprint density at radius 2 is 2.30 bits per heavy atom. The molecule has 4 rings (SSSR count). The van der Waals surface area contributed by atoms with E-state index in [1.165, 1.54) is 0 Å². The maximum Gasteiger partial charge on any atom is 0.235 e. The summed E-state index contributed by atoms with van der Waals surface area (Å²) in [6.45, 7) is 3.02. The van der Waals surface area contributed by atoms with E-state index in [9.17, 15) is 0 Å². The van der Waals surface area contributed by atoms with E-state index in [1.807, 2.05) is 18.2 Å². The third-order valence-electron chi connectivity index (χ3n) is 3.47. The number of hydrogen-bond acceptors (Lipinski definition) is 7. The SMILES string of the molecule is CC1NNCC1c1nn2c(-c3ccccn3)nnc2s1. The second-order valence-corrected chi connectivity index (χ2v) is 5.78. The van der Waals surface area contributed by atoms with E-state index in [-0.39, 0.29) is 0 Å². The first-order valence-corrected chi connectivity index (χ1v) is 7.26. The predicted molar refractivity (Wildman–Crippen MR) is 75.2 cm³/mol. The molecule has 2 unspecified atom stereocenters. The lowest BCUT2D eigenvalue weighted by molar-refractivity contribution is 0.566. The van der Waals surface area contributed by atoms with Gasteiger partial charge in [-0.1, -0.05) is 17.4 Å². The normalized spacial score (nSPS) is 22.6. The fraction of sp³-hybridized carbons (Fsp3) is 0.333. The summed E-state index contributed by atoms with van der Waals surface area (Å²) in [7, 11) is 0. The second kappa shape index (κ2) is 4.58. The number of fused-ring (bicyclic) bond motifs is 1. The van der Waals surface area contributed by atoms with E-state index in [1.54, 1.807) is 22.0 Å². The minimum absolute atomic E-state index is 0.358. The average molecular weight is 287 g/mol. The molecule has 0 amide bonds. The highest BCUT2D eigenvalue weighted by molar-refractivity contribution is 7.16. The molecule has 1 aliphatic heterocycles. The van der Waals surface area contributed by atoms with Gasteiger partial charge in [-0.15, -0.1) is 10.2 Å². The van der Waals surface area contributed by atoms with Gasteiger partial charge < -0.3 is 0 Å². The number of hydrogen-bond donors (Lipinski definition) is 2. The van der Waals surface area contributed by atoms with E-state index >= 15 is 0 Å². The number of nitrogens with one attached hydrogen (secondary N) is 2. The van der Waals surface area contributed by atoms with Crippen molar-refractivity contribution in [2.45, 2.75) is 18.9 Å². The van der Waals surface area contributed by atoms with Gasteiger partial charge in [0.2, 0.25) is 10.8 Å². The van der Waals surface area contributed by atoms with Crippen LogP contribution in [0.25, 0.3) is 16.5 Å². The van der Waals surface area contributed by atoms with Crippen molar-refractivity contribution >= 4 is 16.3 Å². The van der Waals surface area contributed by atoms with Crippen LogP contribution < -0.4 is 10.9 Å². The molecule has 2 atom stereocenters. The van der Waals surface area contributed by atoms with Crippen LogP contribution in [0.15, 0.2) is 24.4 Å². The molecule has 3 aromatic heterocycles. The Labute approximate surface area is 119 Å². The average Bonchev–Trinajstić information content (AvgIpc) is 3.13. The van der Waals surface area contributed by atoms with Gasteiger partial charge in [0, 0.05) is 24.7 Å². The molecule has 20 heavy (non-hydrogen) atoms. The molecule has 0 radical (unpaired) electrons. The zero-order chi connectivity index (χ0) is 13.5. The van der Waals surface area contributed by atoms with Crippen LogP contribution in [0.1, 0.15) is 17.8 Å². The molecule has 7 nitrogen and oxygen atoms in total. The lowest BCUT2D eigenvalue weighted by Gasteiger charge is -2.08. The summed E-state index contributed by atoms with van der Waals surface area (Å²) in [5.41, 5.74) is 7.16. The van der Waals surface area contributed by atoms with Gasteiger partial charge in [0.15, 0.2) is 0 Å². The monoisotopic (exact) mass is 287 g/mol. The smallest absolute Gasteiger partial charge is 0.235 e. The van der Waals surface area contributed by atoms with Crippen molar-refractivity contribution in [1.29, 1.82) is 0 Å². The van der Waals surface area contributed by atoms with Crippen molar-refractivity contribution in [2.75, 3.05) is 6.54 Å². The van der Waals surface area contributed by atoms with Crippen LogP contribution in [0.3, 0.4) is 0 Å². The van der Waals surface area contributed by atoms with Gasteiger partial charge in [0.25, 0.3) is 0 Å². The lowest BCUT2D eigenvalue weighted by atomic mass is 10.1. The van der Waals surface area contributed by atoms with Crippen molar-refractivity contribution in [3.05, 3.63) is 29.4 Å². The van der Waals surface area contributed by atoms with Crippen LogP contribution in [-0.2, 0) is 0 Å². The first-order chi connectivity index (χ1) is 9.83. The van der Waals surface area contributed by atoms with Crippen molar-refractivity contribution in [3.63, 3.8) is 0 Å². The van der Waals surface area contributed by atoms with Gasteiger partial charge in [0.1, 0.15) is 10.7 Å².